The van der Waals surface area contributed by atoms with Crippen LogP contribution in [0.15, 0.2) is 59.1 Å². The minimum absolute atomic E-state index is 0.257. The number of halogens is 1. The van der Waals surface area contributed by atoms with Crippen molar-refractivity contribution < 1.29 is 9.53 Å². The zero-order chi connectivity index (χ0) is 20.1. The molecule has 0 aliphatic rings. The number of aromatic amines is 2. The van der Waals surface area contributed by atoms with E-state index in [1.807, 2.05) is 43.3 Å². The molecule has 0 aliphatic carbocycles. The van der Waals surface area contributed by atoms with E-state index in [2.05, 4.69) is 51.0 Å². The number of esters is 1. The van der Waals surface area contributed by atoms with Crippen molar-refractivity contribution in [1.82, 2.24) is 9.97 Å². The van der Waals surface area contributed by atoms with E-state index in [0.29, 0.717) is 5.69 Å². The number of aromatic nitrogens is 2. The third-order valence-electron chi connectivity index (χ3n) is 5.52. The third kappa shape index (κ3) is 2.93. The molecule has 5 rings (SSSR count). The van der Waals surface area contributed by atoms with Crippen molar-refractivity contribution in [2.24, 2.45) is 0 Å². The van der Waals surface area contributed by atoms with E-state index in [0.717, 1.165) is 43.1 Å². The molecule has 29 heavy (non-hydrogen) atoms. The summed E-state index contributed by atoms with van der Waals surface area (Å²) in [5.41, 5.74) is 6.63. The van der Waals surface area contributed by atoms with E-state index in [9.17, 15) is 4.79 Å². The minimum Gasteiger partial charge on any atom is -0.456 e. The number of H-pyrrole nitrogens is 2. The van der Waals surface area contributed by atoms with Crippen LogP contribution in [0.5, 0.6) is 0 Å². The van der Waals surface area contributed by atoms with Crippen molar-refractivity contribution in [3.05, 3.63) is 81.5 Å². The highest BCUT2D eigenvalue weighted by Crippen LogP contribution is 2.36. The molecule has 0 spiro atoms. The molecule has 0 amide bonds. The van der Waals surface area contributed by atoms with Gasteiger partial charge >= 0.3 is 5.97 Å². The van der Waals surface area contributed by atoms with Gasteiger partial charge in [-0.25, -0.2) is 4.79 Å². The van der Waals surface area contributed by atoms with Crippen LogP contribution in [-0.2, 0) is 11.3 Å². The van der Waals surface area contributed by atoms with E-state index in [-0.39, 0.29) is 12.6 Å². The van der Waals surface area contributed by atoms with Crippen LogP contribution < -0.4 is 0 Å². The van der Waals surface area contributed by atoms with Crippen LogP contribution in [0.1, 0.15) is 27.2 Å². The van der Waals surface area contributed by atoms with Crippen LogP contribution in [0.2, 0.25) is 0 Å². The highest BCUT2D eigenvalue weighted by Gasteiger charge is 2.20. The number of hydrogen-bond acceptors (Lipinski definition) is 2. The Balaban J connectivity index is 1.60. The number of fused-ring (bicyclic) bond motifs is 4. The number of nitrogens with one attached hydrogen (secondary N) is 2. The summed E-state index contributed by atoms with van der Waals surface area (Å²) in [5.74, 6) is -0.335. The van der Waals surface area contributed by atoms with Crippen molar-refractivity contribution >= 4 is 54.6 Å². The maximum Gasteiger partial charge on any atom is 0.355 e. The Morgan fingerprint density at radius 1 is 0.897 bits per heavy atom. The van der Waals surface area contributed by atoms with Crippen LogP contribution >= 0.6 is 15.9 Å². The second-order valence-corrected chi connectivity index (χ2v) is 8.26. The van der Waals surface area contributed by atoms with Gasteiger partial charge in [0.05, 0.1) is 0 Å². The van der Waals surface area contributed by atoms with Crippen molar-refractivity contribution in [3.63, 3.8) is 0 Å². The van der Waals surface area contributed by atoms with Crippen molar-refractivity contribution in [3.8, 4) is 0 Å². The molecule has 0 saturated heterocycles. The molecule has 2 heterocycles. The Labute approximate surface area is 176 Å². The van der Waals surface area contributed by atoms with Crippen LogP contribution in [0.3, 0.4) is 0 Å². The number of ether oxygens (including phenoxy) is 1. The van der Waals surface area contributed by atoms with E-state index in [1.54, 1.807) is 0 Å². The Hall–Kier alpha value is -3.05. The summed E-state index contributed by atoms with van der Waals surface area (Å²) in [6.07, 6.45) is 0. The van der Waals surface area contributed by atoms with E-state index in [1.165, 1.54) is 10.8 Å². The van der Waals surface area contributed by atoms with Crippen LogP contribution in [-0.4, -0.2) is 15.9 Å². The lowest BCUT2D eigenvalue weighted by Crippen LogP contribution is -2.07. The molecule has 5 heteroatoms. The standard InChI is InChI=1S/C24H19BrN2O2/c1-13-21-14(2)23(24(28)29-12-15-6-4-3-5-7-15)27-19(21)11-20-22(13)17-10-16(25)8-9-18(17)26-20/h3-11,26-27H,12H2,1-2H3. The molecule has 0 aliphatic heterocycles. The lowest BCUT2D eigenvalue weighted by molar-refractivity contribution is 0.0466. The summed E-state index contributed by atoms with van der Waals surface area (Å²) < 4.78 is 6.59. The molecular formula is C24H19BrN2O2. The molecule has 3 aromatic carbocycles. The summed E-state index contributed by atoms with van der Waals surface area (Å²) in [5, 5.41) is 3.42. The highest BCUT2D eigenvalue weighted by molar-refractivity contribution is 9.10. The van der Waals surface area contributed by atoms with Gasteiger partial charge in [-0.1, -0.05) is 46.3 Å². The van der Waals surface area contributed by atoms with E-state index in [4.69, 9.17) is 4.74 Å². The average Bonchev–Trinajstić information content (AvgIpc) is 3.24. The van der Waals surface area contributed by atoms with E-state index < -0.39 is 0 Å². The van der Waals surface area contributed by atoms with Gasteiger partial charge < -0.3 is 14.7 Å². The predicted molar refractivity (Wildman–Crippen MR) is 120 cm³/mol. The second-order valence-electron chi connectivity index (χ2n) is 7.35. The fourth-order valence-corrected chi connectivity index (χ4v) is 4.54. The quantitative estimate of drug-likeness (QED) is 0.309. The zero-order valence-electron chi connectivity index (χ0n) is 16.1. The van der Waals surface area contributed by atoms with Crippen molar-refractivity contribution in [1.29, 1.82) is 0 Å². The number of benzene rings is 3. The topological polar surface area (TPSA) is 57.9 Å². The fourth-order valence-electron chi connectivity index (χ4n) is 4.18. The van der Waals surface area contributed by atoms with Crippen LogP contribution in [0.25, 0.3) is 32.7 Å². The average molecular weight is 447 g/mol. The number of aryl methyl sites for hydroxylation is 2. The molecule has 0 atom stereocenters. The smallest absolute Gasteiger partial charge is 0.355 e. The van der Waals surface area contributed by atoms with Gasteiger partial charge in [0.2, 0.25) is 0 Å². The van der Waals surface area contributed by atoms with Gasteiger partial charge in [0.25, 0.3) is 0 Å². The van der Waals surface area contributed by atoms with Gasteiger partial charge in [-0.15, -0.1) is 0 Å². The first kappa shape index (κ1) is 18.0. The highest BCUT2D eigenvalue weighted by atomic mass is 79.9. The summed E-state index contributed by atoms with van der Waals surface area (Å²) >= 11 is 3.57. The van der Waals surface area contributed by atoms with Gasteiger partial charge in [-0.3, -0.25) is 0 Å². The number of carbonyl (C=O) groups is 1. The zero-order valence-corrected chi connectivity index (χ0v) is 17.7. The first-order valence-electron chi connectivity index (χ1n) is 9.47. The summed E-state index contributed by atoms with van der Waals surface area (Å²) in [6, 6.07) is 18.0. The van der Waals surface area contributed by atoms with Crippen molar-refractivity contribution in [2.75, 3.05) is 0 Å². The Bertz CT molecular complexity index is 1400. The monoisotopic (exact) mass is 446 g/mol. The Morgan fingerprint density at radius 2 is 1.66 bits per heavy atom. The molecule has 0 radical (unpaired) electrons. The maximum atomic E-state index is 12.7. The number of carbonyl (C=O) groups excluding carboxylic acids is 1. The molecule has 5 aromatic rings. The molecular weight excluding hydrogens is 428 g/mol. The summed E-state index contributed by atoms with van der Waals surface area (Å²) in [6.45, 7) is 4.34. The van der Waals surface area contributed by atoms with Crippen LogP contribution in [0.4, 0.5) is 0 Å². The molecule has 4 nitrogen and oxygen atoms in total. The number of hydrogen-bond donors (Lipinski definition) is 2. The predicted octanol–water partition coefficient (Wildman–Crippen LogP) is 6.54. The molecule has 144 valence electrons. The van der Waals surface area contributed by atoms with Gasteiger partial charge in [0, 0.05) is 37.2 Å². The summed E-state index contributed by atoms with van der Waals surface area (Å²) in [7, 11) is 0. The van der Waals surface area contributed by atoms with Crippen LogP contribution in [0, 0.1) is 13.8 Å². The first-order valence-corrected chi connectivity index (χ1v) is 10.3. The second kappa shape index (κ2) is 6.78. The Morgan fingerprint density at radius 3 is 2.45 bits per heavy atom. The Kier molecular flexibility index (Phi) is 4.21. The van der Waals surface area contributed by atoms with Crippen molar-refractivity contribution in [2.45, 2.75) is 20.5 Å². The maximum absolute atomic E-state index is 12.7. The first-order chi connectivity index (χ1) is 14.0. The lowest BCUT2D eigenvalue weighted by Gasteiger charge is -2.05. The molecule has 0 unspecified atom stereocenters. The van der Waals surface area contributed by atoms with Gasteiger partial charge in [0.15, 0.2) is 0 Å². The molecule has 0 saturated carbocycles. The molecule has 0 fully saturated rings. The fraction of sp³-hybridized carbons (Fsp3) is 0.125. The molecule has 2 aromatic heterocycles. The summed E-state index contributed by atoms with van der Waals surface area (Å²) in [4.78, 5) is 19.5. The molecule has 2 N–H and O–H groups in total. The van der Waals surface area contributed by atoms with Gasteiger partial charge in [-0.05, 0) is 54.8 Å². The largest absolute Gasteiger partial charge is 0.456 e. The third-order valence-corrected chi connectivity index (χ3v) is 6.02. The van der Waals surface area contributed by atoms with Gasteiger partial charge in [-0.2, -0.15) is 0 Å². The van der Waals surface area contributed by atoms with E-state index >= 15 is 0 Å². The molecule has 0 bridgehead atoms. The lowest BCUT2D eigenvalue weighted by atomic mass is 10.0. The number of rotatable bonds is 3. The normalized spacial score (nSPS) is 11.6. The van der Waals surface area contributed by atoms with Gasteiger partial charge in [0.1, 0.15) is 12.3 Å². The minimum atomic E-state index is -0.335. The SMILES string of the molecule is Cc1c(C(=O)OCc2ccccc2)[nH]c2cc3[nH]c4ccc(Br)cc4c3c(C)c12.